The van der Waals surface area contributed by atoms with Gasteiger partial charge < -0.3 is 24.8 Å². The van der Waals surface area contributed by atoms with Crippen molar-refractivity contribution in [2.24, 2.45) is 0 Å². The number of nitrogens with one attached hydrogen (secondary N) is 1. The van der Waals surface area contributed by atoms with Gasteiger partial charge in [0.25, 0.3) is 5.91 Å². The second-order valence-electron chi connectivity index (χ2n) is 6.28. The van der Waals surface area contributed by atoms with Crippen molar-refractivity contribution in [2.45, 2.75) is 38.5 Å². The number of carbonyl (C=O) groups excluding carboxylic acids is 2. The lowest BCUT2D eigenvalue weighted by molar-refractivity contribution is -0.128. The molecule has 1 saturated heterocycles. The van der Waals surface area contributed by atoms with Crippen molar-refractivity contribution < 1.29 is 24.2 Å². The van der Waals surface area contributed by atoms with E-state index < -0.39 is 23.8 Å². The predicted molar refractivity (Wildman–Crippen MR) is 84.5 cm³/mol. The van der Waals surface area contributed by atoms with Gasteiger partial charge in [0.2, 0.25) is 0 Å². The first kappa shape index (κ1) is 17.1. The van der Waals surface area contributed by atoms with E-state index in [0.717, 1.165) is 0 Å². The third kappa shape index (κ3) is 3.73. The topological polar surface area (TPSA) is 88.1 Å². The Morgan fingerprint density at radius 3 is 2.39 bits per heavy atom. The van der Waals surface area contributed by atoms with Gasteiger partial charge in [0.15, 0.2) is 0 Å². The molecule has 0 aromatic heterocycles. The minimum absolute atomic E-state index is 0.266. The summed E-state index contributed by atoms with van der Waals surface area (Å²) in [6.45, 7) is 4.95. The van der Waals surface area contributed by atoms with E-state index in [1.54, 1.807) is 52.1 Å². The van der Waals surface area contributed by atoms with E-state index in [1.807, 2.05) is 0 Å². The molecule has 0 aliphatic carbocycles. The Hall–Kier alpha value is -2.28. The fraction of sp³-hybridized carbons (Fsp3) is 0.500. The number of anilines is 1. The third-order valence-electron chi connectivity index (χ3n) is 3.43. The molecule has 1 fully saturated rings. The molecule has 1 aliphatic rings. The van der Waals surface area contributed by atoms with E-state index in [9.17, 15) is 14.7 Å². The number of β-lactam (4-membered cyclic amide) rings is 1. The van der Waals surface area contributed by atoms with Crippen molar-refractivity contribution in [3.8, 4) is 5.75 Å². The minimum atomic E-state index is -0.794. The molecular weight excluding hydrogens is 300 g/mol. The maximum Gasteiger partial charge on any atom is 0.408 e. The van der Waals surface area contributed by atoms with Crippen LogP contribution >= 0.6 is 0 Å². The van der Waals surface area contributed by atoms with Gasteiger partial charge in [-0.15, -0.1) is 0 Å². The van der Waals surface area contributed by atoms with E-state index in [2.05, 4.69) is 5.32 Å². The SMILES string of the molecule is COc1ccc(N2C(=O)[C@H](NC(=O)OC(C)(C)C)[C@@H]2CO)cc1. The number of hydrogen-bond acceptors (Lipinski definition) is 5. The molecule has 2 amide bonds. The van der Waals surface area contributed by atoms with Gasteiger partial charge in [0, 0.05) is 5.69 Å². The van der Waals surface area contributed by atoms with Crippen molar-refractivity contribution in [3.63, 3.8) is 0 Å². The van der Waals surface area contributed by atoms with Crippen molar-refractivity contribution in [3.05, 3.63) is 24.3 Å². The molecule has 2 rings (SSSR count). The van der Waals surface area contributed by atoms with Gasteiger partial charge in [-0.2, -0.15) is 0 Å². The first-order valence-electron chi connectivity index (χ1n) is 7.34. The molecule has 0 spiro atoms. The zero-order valence-corrected chi connectivity index (χ0v) is 13.7. The Morgan fingerprint density at radius 2 is 1.91 bits per heavy atom. The molecule has 1 aromatic carbocycles. The maximum absolute atomic E-state index is 12.3. The molecule has 126 valence electrons. The summed E-state index contributed by atoms with van der Waals surface area (Å²) in [5, 5.41) is 12.1. The number of hydrogen-bond donors (Lipinski definition) is 2. The summed E-state index contributed by atoms with van der Waals surface area (Å²) in [6.07, 6.45) is -0.677. The summed E-state index contributed by atoms with van der Waals surface area (Å²) in [6, 6.07) is 5.59. The number of alkyl carbamates (subject to hydrolysis) is 1. The fourth-order valence-corrected chi connectivity index (χ4v) is 2.39. The minimum Gasteiger partial charge on any atom is -0.497 e. The molecule has 0 bridgehead atoms. The highest BCUT2D eigenvalue weighted by atomic mass is 16.6. The number of ether oxygens (including phenoxy) is 2. The van der Waals surface area contributed by atoms with Crippen LogP contribution < -0.4 is 15.0 Å². The normalized spacial score (nSPS) is 20.7. The second-order valence-corrected chi connectivity index (χ2v) is 6.28. The van der Waals surface area contributed by atoms with Gasteiger partial charge in [-0.05, 0) is 45.0 Å². The predicted octanol–water partition coefficient (Wildman–Crippen LogP) is 1.30. The van der Waals surface area contributed by atoms with Gasteiger partial charge in [0.1, 0.15) is 17.4 Å². The van der Waals surface area contributed by atoms with Crippen LogP contribution in [0.4, 0.5) is 10.5 Å². The fourth-order valence-electron chi connectivity index (χ4n) is 2.39. The maximum atomic E-state index is 12.3. The van der Waals surface area contributed by atoms with Crippen LogP contribution in [0.3, 0.4) is 0 Å². The second kappa shape index (κ2) is 6.45. The first-order valence-corrected chi connectivity index (χ1v) is 7.34. The summed E-state index contributed by atoms with van der Waals surface area (Å²) in [5.74, 6) is 0.380. The van der Waals surface area contributed by atoms with Crippen molar-refractivity contribution in [2.75, 3.05) is 18.6 Å². The monoisotopic (exact) mass is 322 g/mol. The van der Waals surface area contributed by atoms with Crippen molar-refractivity contribution in [1.82, 2.24) is 5.32 Å². The van der Waals surface area contributed by atoms with Gasteiger partial charge >= 0.3 is 6.09 Å². The Bertz CT molecular complexity index is 579. The van der Waals surface area contributed by atoms with Crippen LogP contribution in [0.15, 0.2) is 24.3 Å². The molecule has 0 saturated carbocycles. The van der Waals surface area contributed by atoms with Crippen molar-refractivity contribution >= 4 is 17.7 Å². The number of aliphatic hydroxyl groups is 1. The van der Waals surface area contributed by atoms with E-state index in [-0.39, 0.29) is 12.5 Å². The molecule has 1 aliphatic heterocycles. The Balaban J connectivity index is 2.05. The summed E-state index contributed by atoms with van der Waals surface area (Å²) in [5.41, 5.74) is -0.0153. The Kier molecular flexibility index (Phi) is 4.79. The van der Waals surface area contributed by atoms with Crippen LogP contribution in [-0.4, -0.2) is 48.5 Å². The highest BCUT2D eigenvalue weighted by molar-refractivity contribution is 6.06. The van der Waals surface area contributed by atoms with Crippen LogP contribution in [0.25, 0.3) is 0 Å². The third-order valence-corrected chi connectivity index (χ3v) is 3.43. The highest BCUT2D eigenvalue weighted by Crippen LogP contribution is 2.29. The molecular formula is C16H22N2O5. The number of nitrogens with zero attached hydrogens (tertiary/aromatic N) is 1. The van der Waals surface area contributed by atoms with Gasteiger partial charge in [-0.25, -0.2) is 4.79 Å². The molecule has 7 nitrogen and oxygen atoms in total. The van der Waals surface area contributed by atoms with Gasteiger partial charge in [-0.1, -0.05) is 0 Å². The Labute approximate surface area is 135 Å². The largest absolute Gasteiger partial charge is 0.497 e. The van der Waals surface area contributed by atoms with Crippen LogP contribution in [0.1, 0.15) is 20.8 Å². The van der Waals surface area contributed by atoms with Gasteiger partial charge in [0.05, 0.1) is 19.8 Å². The lowest BCUT2D eigenvalue weighted by Gasteiger charge is -2.46. The number of methoxy groups -OCH3 is 1. The average molecular weight is 322 g/mol. The smallest absolute Gasteiger partial charge is 0.408 e. The van der Waals surface area contributed by atoms with Crippen molar-refractivity contribution in [1.29, 1.82) is 0 Å². The zero-order valence-electron chi connectivity index (χ0n) is 13.7. The van der Waals surface area contributed by atoms with Crippen LogP contribution in [0, 0.1) is 0 Å². The van der Waals surface area contributed by atoms with Crippen LogP contribution in [0.5, 0.6) is 5.75 Å². The summed E-state index contributed by atoms with van der Waals surface area (Å²) < 4.78 is 10.2. The lowest BCUT2D eigenvalue weighted by Crippen LogP contribution is -2.72. The first-order chi connectivity index (χ1) is 10.8. The number of amides is 2. The summed E-state index contributed by atoms with van der Waals surface area (Å²) >= 11 is 0. The standard InChI is InChI=1S/C16H22N2O5/c1-16(2,3)23-15(21)17-13-12(9-19)18(14(13)20)10-5-7-11(22-4)8-6-10/h5-8,12-13,19H,9H2,1-4H3,(H,17,21)/t12-,13+/m0/s1. The molecule has 2 atom stereocenters. The number of rotatable bonds is 4. The zero-order chi connectivity index (χ0) is 17.2. The lowest BCUT2D eigenvalue weighted by atomic mass is 9.94. The Morgan fingerprint density at radius 1 is 1.30 bits per heavy atom. The van der Waals surface area contributed by atoms with E-state index >= 15 is 0 Å². The highest BCUT2D eigenvalue weighted by Gasteiger charge is 2.49. The summed E-state index contributed by atoms with van der Waals surface area (Å²) in [7, 11) is 1.56. The van der Waals surface area contributed by atoms with E-state index in [0.29, 0.717) is 11.4 Å². The molecule has 1 aromatic rings. The molecule has 2 N–H and O–H groups in total. The molecule has 1 heterocycles. The van der Waals surface area contributed by atoms with Gasteiger partial charge in [-0.3, -0.25) is 4.79 Å². The molecule has 7 heteroatoms. The average Bonchev–Trinajstić information content (AvgIpc) is 2.48. The molecule has 0 unspecified atom stereocenters. The van der Waals surface area contributed by atoms with Crippen LogP contribution in [-0.2, 0) is 9.53 Å². The molecule has 0 radical (unpaired) electrons. The summed E-state index contributed by atoms with van der Waals surface area (Å²) in [4.78, 5) is 25.5. The van der Waals surface area contributed by atoms with Crippen LogP contribution in [0.2, 0.25) is 0 Å². The van der Waals surface area contributed by atoms with E-state index in [1.165, 1.54) is 4.90 Å². The number of aliphatic hydroxyl groups excluding tert-OH is 1. The van der Waals surface area contributed by atoms with E-state index in [4.69, 9.17) is 9.47 Å². The number of carbonyl (C=O) groups is 2. The number of benzene rings is 1. The molecule has 23 heavy (non-hydrogen) atoms. The quantitative estimate of drug-likeness (QED) is 0.816.